The van der Waals surface area contributed by atoms with Crippen LogP contribution in [0.4, 0.5) is 11.4 Å². The molecule has 0 bridgehead atoms. The van der Waals surface area contributed by atoms with Crippen LogP contribution in [0.25, 0.3) is 0 Å². The topological polar surface area (TPSA) is 42.0 Å². The smallest absolute Gasteiger partial charge is 0.339 e. The first kappa shape index (κ1) is 16.2. The number of esters is 1. The van der Waals surface area contributed by atoms with Gasteiger partial charge in [0.1, 0.15) is 5.75 Å². The molecule has 1 heterocycles. The summed E-state index contributed by atoms with van der Waals surface area (Å²) in [6.07, 6.45) is 0. The molecule has 1 fully saturated rings. The first-order chi connectivity index (χ1) is 11.7. The van der Waals surface area contributed by atoms with E-state index in [4.69, 9.17) is 9.47 Å². The molecule has 0 spiro atoms. The number of nitrogens with zero attached hydrogens (tertiary/aromatic N) is 2. The maximum atomic E-state index is 12.0. The Morgan fingerprint density at radius 3 is 2.00 bits per heavy atom. The Morgan fingerprint density at radius 2 is 1.38 bits per heavy atom. The van der Waals surface area contributed by atoms with Gasteiger partial charge in [0.25, 0.3) is 0 Å². The molecule has 2 aromatic rings. The van der Waals surface area contributed by atoms with Crippen molar-refractivity contribution in [1.82, 2.24) is 0 Å². The molecule has 0 aliphatic carbocycles. The number of hydrogen-bond donors (Lipinski definition) is 0. The summed E-state index contributed by atoms with van der Waals surface area (Å²) >= 11 is 0. The summed E-state index contributed by atoms with van der Waals surface area (Å²) in [5.41, 5.74) is 2.66. The zero-order chi connectivity index (χ0) is 16.9. The van der Waals surface area contributed by atoms with Crippen LogP contribution in [0.5, 0.6) is 5.75 Å². The molecule has 0 amide bonds. The maximum absolute atomic E-state index is 12.0. The number of rotatable bonds is 4. The second-order valence-electron chi connectivity index (χ2n) is 5.65. The van der Waals surface area contributed by atoms with E-state index in [1.165, 1.54) is 7.11 Å². The molecule has 1 aliphatic heterocycles. The quantitative estimate of drug-likeness (QED) is 0.808. The van der Waals surface area contributed by atoms with E-state index in [-0.39, 0.29) is 5.97 Å². The van der Waals surface area contributed by atoms with Gasteiger partial charge < -0.3 is 19.3 Å². The van der Waals surface area contributed by atoms with E-state index in [1.807, 2.05) is 42.5 Å². The fraction of sp³-hybridized carbons (Fsp3) is 0.316. The highest BCUT2D eigenvalue weighted by Crippen LogP contribution is 2.30. The van der Waals surface area contributed by atoms with Gasteiger partial charge in [-0.05, 0) is 24.3 Å². The molecular formula is C19H22N2O3. The molecule has 0 N–H and O–H groups in total. The molecule has 0 aromatic heterocycles. The van der Waals surface area contributed by atoms with Gasteiger partial charge in [0, 0.05) is 26.2 Å². The first-order valence-electron chi connectivity index (χ1n) is 8.05. The number of piperazine rings is 1. The minimum atomic E-state index is -0.294. The molecule has 0 radical (unpaired) electrons. The molecule has 2 aromatic carbocycles. The monoisotopic (exact) mass is 326 g/mol. The summed E-state index contributed by atoms with van der Waals surface area (Å²) in [5, 5.41) is 0. The summed E-state index contributed by atoms with van der Waals surface area (Å²) in [6, 6.07) is 15.7. The van der Waals surface area contributed by atoms with Crippen molar-refractivity contribution in [1.29, 1.82) is 0 Å². The largest absolute Gasteiger partial charge is 0.495 e. The van der Waals surface area contributed by atoms with Gasteiger partial charge in [-0.2, -0.15) is 0 Å². The Hall–Kier alpha value is -2.69. The van der Waals surface area contributed by atoms with E-state index in [1.54, 1.807) is 7.11 Å². The van der Waals surface area contributed by atoms with Gasteiger partial charge in [-0.1, -0.05) is 24.3 Å². The van der Waals surface area contributed by atoms with Crippen molar-refractivity contribution in [3.05, 3.63) is 54.1 Å². The summed E-state index contributed by atoms with van der Waals surface area (Å²) < 4.78 is 10.4. The Bertz CT molecular complexity index is 709. The van der Waals surface area contributed by atoms with Crippen LogP contribution in [0.2, 0.25) is 0 Å². The number of anilines is 2. The van der Waals surface area contributed by atoms with E-state index in [9.17, 15) is 4.79 Å². The number of hydrogen-bond acceptors (Lipinski definition) is 5. The van der Waals surface area contributed by atoms with Gasteiger partial charge in [-0.3, -0.25) is 0 Å². The van der Waals surface area contributed by atoms with Crippen molar-refractivity contribution in [2.45, 2.75) is 0 Å². The fourth-order valence-corrected chi connectivity index (χ4v) is 3.11. The third-order valence-corrected chi connectivity index (χ3v) is 4.36. The van der Waals surface area contributed by atoms with Crippen LogP contribution < -0.4 is 14.5 Å². The van der Waals surface area contributed by atoms with Crippen molar-refractivity contribution < 1.29 is 14.3 Å². The van der Waals surface area contributed by atoms with Crippen molar-refractivity contribution in [2.75, 3.05) is 50.2 Å². The Balaban J connectivity index is 1.75. The zero-order valence-corrected chi connectivity index (χ0v) is 14.1. The van der Waals surface area contributed by atoms with Crippen LogP contribution in [0, 0.1) is 0 Å². The molecule has 5 nitrogen and oxygen atoms in total. The Labute approximate surface area is 142 Å². The molecule has 0 saturated carbocycles. The van der Waals surface area contributed by atoms with Gasteiger partial charge in [-0.25, -0.2) is 4.79 Å². The lowest BCUT2D eigenvalue weighted by atomic mass is 10.1. The van der Waals surface area contributed by atoms with E-state index in [0.717, 1.165) is 43.3 Å². The second-order valence-corrected chi connectivity index (χ2v) is 5.65. The first-order valence-corrected chi connectivity index (χ1v) is 8.05. The number of benzene rings is 2. The molecule has 24 heavy (non-hydrogen) atoms. The van der Waals surface area contributed by atoms with Gasteiger partial charge in [0.05, 0.1) is 31.2 Å². The molecule has 0 atom stereocenters. The van der Waals surface area contributed by atoms with E-state index < -0.39 is 0 Å². The Kier molecular flexibility index (Phi) is 4.89. The normalized spacial score (nSPS) is 14.4. The second kappa shape index (κ2) is 7.25. The standard InChI is InChI=1S/C19H22N2O3/c1-23-18-10-6-5-9-17(18)21-13-11-20(12-14-21)16-8-4-3-7-15(16)19(22)24-2/h3-10H,11-14H2,1-2H3. The molecule has 3 rings (SSSR count). The lowest BCUT2D eigenvalue weighted by Crippen LogP contribution is -2.47. The van der Waals surface area contributed by atoms with Gasteiger partial charge in [0.2, 0.25) is 0 Å². The minimum absolute atomic E-state index is 0.294. The predicted octanol–water partition coefficient (Wildman–Crippen LogP) is 2.81. The van der Waals surface area contributed by atoms with Crippen molar-refractivity contribution in [3.63, 3.8) is 0 Å². The van der Waals surface area contributed by atoms with Crippen LogP contribution in [-0.4, -0.2) is 46.4 Å². The number of methoxy groups -OCH3 is 2. The average Bonchev–Trinajstić information content (AvgIpc) is 2.67. The SMILES string of the molecule is COC(=O)c1ccccc1N1CCN(c2ccccc2OC)CC1. The van der Waals surface area contributed by atoms with E-state index in [0.29, 0.717) is 5.56 Å². The summed E-state index contributed by atoms with van der Waals surface area (Å²) in [6.45, 7) is 3.42. The van der Waals surface area contributed by atoms with E-state index in [2.05, 4.69) is 15.9 Å². The predicted molar refractivity (Wildman–Crippen MR) is 95.2 cm³/mol. The molecule has 0 unspecified atom stereocenters. The van der Waals surface area contributed by atoms with Crippen molar-refractivity contribution >= 4 is 17.3 Å². The van der Waals surface area contributed by atoms with Crippen LogP contribution in [0.3, 0.4) is 0 Å². The van der Waals surface area contributed by atoms with E-state index >= 15 is 0 Å². The third-order valence-electron chi connectivity index (χ3n) is 4.36. The lowest BCUT2D eigenvalue weighted by molar-refractivity contribution is 0.0601. The number of carbonyl (C=O) groups excluding carboxylic acids is 1. The van der Waals surface area contributed by atoms with Crippen LogP contribution >= 0.6 is 0 Å². The highest BCUT2D eigenvalue weighted by molar-refractivity contribution is 5.95. The molecule has 5 heteroatoms. The summed E-state index contributed by atoms with van der Waals surface area (Å²) in [7, 11) is 3.11. The number of carbonyl (C=O) groups is 1. The van der Waals surface area contributed by atoms with Crippen molar-refractivity contribution in [3.8, 4) is 5.75 Å². The lowest BCUT2D eigenvalue weighted by Gasteiger charge is -2.38. The zero-order valence-electron chi connectivity index (χ0n) is 14.1. The maximum Gasteiger partial charge on any atom is 0.339 e. The van der Waals surface area contributed by atoms with Crippen LogP contribution in [-0.2, 0) is 4.74 Å². The minimum Gasteiger partial charge on any atom is -0.495 e. The molecule has 1 aliphatic rings. The highest BCUT2D eigenvalue weighted by Gasteiger charge is 2.23. The molecule has 126 valence electrons. The highest BCUT2D eigenvalue weighted by atomic mass is 16.5. The van der Waals surface area contributed by atoms with Gasteiger partial charge in [-0.15, -0.1) is 0 Å². The summed E-state index contributed by atoms with van der Waals surface area (Å²) in [4.78, 5) is 16.5. The molecular weight excluding hydrogens is 304 g/mol. The van der Waals surface area contributed by atoms with Gasteiger partial charge in [0.15, 0.2) is 0 Å². The third kappa shape index (κ3) is 3.15. The Morgan fingerprint density at radius 1 is 0.833 bits per heavy atom. The van der Waals surface area contributed by atoms with Crippen LogP contribution in [0.1, 0.15) is 10.4 Å². The number of para-hydroxylation sites is 3. The number of ether oxygens (including phenoxy) is 2. The fourth-order valence-electron chi connectivity index (χ4n) is 3.11. The average molecular weight is 326 g/mol. The summed E-state index contributed by atoms with van der Waals surface area (Å²) in [5.74, 6) is 0.596. The van der Waals surface area contributed by atoms with Crippen LogP contribution in [0.15, 0.2) is 48.5 Å². The van der Waals surface area contributed by atoms with Crippen molar-refractivity contribution in [2.24, 2.45) is 0 Å². The van der Waals surface area contributed by atoms with Gasteiger partial charge >= 0.3 is 5.97 Å². The molecule has 1 saturated heterocycles.